The number of H-pyrrole nitrogens is 1. The van der Waals surface area contributed by atoms with Crippen molar-refractivity contribution in [3.63, 3.8) is 0 Å². The molecule has 0 aromatic carbocycles. The number of aromatic amines is 1. The molecule has 1 aromatic heterocycles. The highest BCUT2D eigenvalue weighted by Crippen LogP contribution is 2.04. The van der Waals surface area contributed by atoms with Gasteiger partial charge < -0.3 is 4.74 Å². The number of rotatable bonds is 2. The molecule has 4 heteroatoms. The number of ether oxygens (including phenoxy) is 1. The Morgan fingerprint density at radius 1 is 1.90 bits per heavy atom. The fraction of sp³-hybridized carbons (Fsp3) is 0. The SMILES string of the molecule is C=CC(=O)Oc1cn[nH]c1. The van der Waals surface area contributed by atoms with E-state index in [1.807, 2.05) is 0 Å². The molecule has 0 fully saturated rings. The van der Waals surface area contributed by atoms with Gasteiger partial charge in [-0.1, -0.05) is 6.58 Å². The van der Waals surface area contributed by atoms with Crippen LogP contribution in [0.1, 0.15) is 0 Å². The second-order valence-corrected chi connectivity index (χ2v) is 1.56. The maximum absolute atomic E-state index is 10.5. The Hall–Kier alpha value is -1.58. The van der Waals surface area contributed by atoms with E-state index in [1.54, 1.807) is 0 Å². The maximum Gasteiger partial charge on any atom is 0.335 e. The molecule has 1 rings (SSSR count). The highest BCUT2D eigenvalue weighted by molar-refractivity contribution is 5.83. The van der Waals surface area contributed by atoms with Crippen molar-refractivity contribution in [2.45, 2.75) is 0 Å². The third-order valence-electron chi connectivity index (χ3n) is 0.858. The molecule has 1 heterocycles. The summed E-state index contributed by atoms with van der Waals surface area (Å²) in [7, 11) is 0. The first-order valence-electron chi connectivity index (χ1n) is 2.66. The van der Waals surface area contributed by atoms with Crippen LogP contribution in [-0.4, -0.2) is 16.2 Å². The van der Waals surface area contributed by atoms with E-state index >= 15 is 0 Å². The third kappa shape index (κ3) is 1.45. The lowest BCUT2D eigenvalue weighted by Crippen LogP contribution is -2.01. The predicted molar refractivity (Wildman–Crippen MR) is 34.4 cm³/mol. The molecule has 0 saturated carbocycles. The molecule has 0 atom stereocenters. The van der Waals surface area contributed by atoms with E-state index in [1.165, 1.54) is 12.4 Å². The number of aromatic nitrogens is 2. The van der Waals surface area contributed by atoms with Gasteiger partial charge in [-0.05, 0) is 0 Å². The summed E-state index contributed by atoms with van der Waals surface area (Å²) in [5, 5.41) is 6.07. The molecule has 0 aliphatic rings. The molecule has 0 amide bonds. The van der Waals surface area contributed by atoms with Crippen LogP contribution in [0.25, 0.3) is 0 Å². The average molecular weight is 138 g/mol. The van der Waals surface area contributed by atoms with E-state index in [0.29, 0.717) is 5.75 Å². The Kier molecular flexibility index (Phi) is 1.84. The molecule has 0 unspecified atom stereocenters. The summed E-state index contributed by atoms with van der Waals surface area (Å²) >= 11 is 0. The zero-order valence-electron chi connectivity index (χ0n) is 5.20. The molecule has 0 bridgehead atoms. The molecule has 0 aliphatic carbocycles. The molecule has 1 N–H and O–H groups in total. The molecule has 0 radical (unpaired) electrons. The van der Waals surface area contributed by atoms with Gasteiger partial charge in [0.15, 0.2) is 5.75 Å². The van der Waals surface area contributed by atoms with E-state index in [0.717, 1.165) is 6.08 Å². The molecular formula is C6H6N2O2. The second kappa shape index (κ2) is 2.82. The molecule has 0 aliphatic heterocycles. The summed E-state index contributed by atoms with van der Waals surface area (Å²) in [6.07, 6.45) is 3.97. The number of hydrogen-bond acceptors (Lipinski definition) is 3. The van der Waals surface area contributed by atoms with Gasteiger partial charge in [0.2, 0.25) is 0 Å². The maximum atomic E-state index is 10.5. The van der Waals surface area contributed by atoms with Gasteiger partial charge in [-0.15, -0.1) is 0 Å². The van der Waals surface area contributed by atoms with Crippen LogP contribution < -0.4 is 4.74 Å². The monoisotopic (exact) mass is 138 g/mol. The molecular weight excluding hydrogens is 132 g/mol. The number of hydrogen-bond donors (Lipinski definition) is 1. The van der Waals surface area contributed by atoms with Gasteiger partial charge in [0.25, 0.3) is 0 Å². The van der Waals surface area contributed by atoms with E-state index in [9.17, 15) is 4.79 Å². The van der Waals surface area contributed by atoms with Gasteiger partial charge in [0, 0.05) is 6.08 Å². The van der Waals surface area contributed by atoms with Crippen molar-refractivity contribution in [2.24, 2.45) is 0 Å². The average Bonchev–Trinajstić information content (AvgIpc) is 2.40. The van der Waals surface area contributed by atoms with E-state index < -0.39 is 5.97 Å². The summed E-state index contributed by atoms with van der Waals surface area (Å²) in [5.74, 6) is -0.0914. The lowest BCUT2D eigenvalue weighted by Gasteiger charge is -1.92. The van der Waals surface area contributed by atoms with Gasteiger partial charge >= 0.3 is 5.97 Å². The Labute approximate surface area is 57.5 Å². The molecule has 4 nitrogen and oxygen atoms in total. The van der Waals surface area contributed by atoms with Crippen molar-refractivity contribution in [3.05, 3.63) is 25.0 Å². The molecule has 52 valence electrons. The minimum absolute atomic E-state index is 0.393. The van der Waals surface area contributed by atoms with Crippen LogP contribution in [0.2, 0.25) is 0 Å². The van der Waals surface area contributed by atoms with Crippen molar-refractivity contribution in [1.29, 1.82) is 0 Å². The van der Waals surface area contributed by atoms with Crippen LogP contribution in [0, 0.1) is 0 Å². The third-order valence-corrected chi connectivity index (χ3v) is 0.858. The quantitative estimate of drug-likeness (QED) is 0.478. The second-order valence-electron chi connectivity index (χ2n) is 1.56. The van der Waals surface area contributed by atoms with Gasteiger partial charge in [-0.2, -0.15) is 5.10 Å². The van der Waals surface area contributed by atoms with E-state index in [2.05, 4.69) is 21.5 Å². The zero-order valence-corrected chi connectivity index (χ0v) is 5.20. The Morgan fingerprint density at radius 2 is 2.70 bits per heavy atom. The minimum Gasteiger partial charge on any atom is -0.420 e. The summed E-state index contributed by atoms with van der Waals surface area (Å²) in [6, 6.07) is 0. The highest BCUT2D eigenvalue weighted by Gasteiger charge is 1.97. The number of carbonyl (C=O) groups excluding carboxylic acids is 1. The standard InChI is InChI=1S/C6H6N2O2/c1-2-6(9)10-5-3-7-8-4-5/h2-4H,1H2,(H,7,8). The van der Waals surface area contributed by atoms with Gasteiger partial charge in [-0.3, -0.25) is 5.10 Å². The Morgan fingerprint density at radius 3 is 3.20 bits per heavy atom. The van der Waals surface area contributed by atoms with E-state index in [4.69, 9.17) is 0 Å². The lowest BCUT2D eigenvalue weighted by atomic mass is 10.6. The van der Waals surface area contributed by atoms with Gasteiger partial charge in [0.05, 0.1) is 12.4 Å². The largest absolute Gasteiger partial charge is 0.420 e. The lowest BCUT2D eigenvalue weighted by molar-refractivity contribution is -0.128. The Balaban J connectivity index is 2.56. The number of esters is 1. The van der Waals surface area contributed by atoms with Gasteiger partial charge in [0.1, 0.15) is 0 Å². The highest BCUT2D eigenvalue weighted by atomic mass is 16.5. The fourth-order valence-electron chi connectivity index (χ4n) is 0.453. The number of nitrogens with zero attached hydrogens (tertiary/aromatic N) is 1. The van der Waals surface area contributed by atoms with Crippen molar-refractivity contribution >= 4 is 5.97 Å². The first-order chi connectivity index (χ1) is 4.83. The zero-order chi connectivity index (χ0) is 7.40. The van der Waals surface area contributed by atoms with E-state index in [-0.39, 0.29) is 0 Å². The first kappa shape index (κ1) is 6.54. The fourth-order valence-corrected chi connectivity index (χ4v) is 0.453. The molecule has 0 saturated heterocycles. The van der Waals surface area contributed by atoms with Crippen molar-refractivity contribution < 1.29 is 9.53 Å². The van der Waals surface area contributed by atoms with Gasteiger partial charge in [-0.25, -0.2) is 4.79 Å². The first-order valence-corrected chi connectivity index (χ1v) is 2.66. The number of carbonyl (C=O) groups is 1. The van der Waals surface area contributed by atoms with Crippen molar-refractivity contribution in [3.8, 4) is 5.75 Å². The van der Waals surface area contributed by atoms with Crippen LogP contribution in [0.15, 0.2) is 25.0 Å². The Bertz CT molecular complexity index is 228. The molecule has 1 aromatic rings. The molecule has 10 heavy (non-hydrogen) atoms. The summed E-state index contributed by atoms with van der Waals surface area (Å²) in [4.78, 5) is 10.5. The molecule has 0 spiro atoms. The smallest absolute Gasteiger partial charge is 0.335 e. The topological polar surface area (TPSA) is 55.0 Å². The van der Waals surface area contributed by atoms with Crippen LogP contribution in [0.4, 0.5) is 0 Å². The predicted octanol–water partition coefficient (Wildman–Crippen LogP) is 0.501. The summed E-state index contributed by atoms with van der Waals surface area (Å²) < 4.78 is 4.65. The van der Waals surface area contributed by atoms with Crippen LogP contribution in [0.5, 0.6) is 5.75 Å². The summed E-state index contributed by atoms with van der Waals surface area (Å²) in [5.41, 5.74) is 0. The van der Waals surface area contributed by atoms with Crippen molar-refractivity contribution in [2.75, 3.05) is 0 Å². The van der Waals surface area contributed by atoms with Crippen LogP contribution >= 0.6 is 0 Å². The normalized spacial score (nSPS) is 8.80. The summed E-state index contributed by atoms with van der Waals surface area (Å²) in [6.45, 7) is 3.24. The minimum atomic E-state index is -0.485. The number of nitrogens with one attached hydrogen (secondary N) is 1. The van der Waals surface area contributed by atoms with Crippen molar-refractivity contribution in [1.82, 2.24) is 10.2 Å². The van der Waals surface area contributed by atoms with Crippen LogP contribution in [-0.2, 0) is 4.79 Å². The van der Waals surface area contributed by atoms with Crippen LogP contribution in [0.3, 0.4) is 0 Å².